The molecule has 0 spiro atoms. The van der Waals surface area contributed by atoms with Gasteiger partial charge in [-0.3, -0.25) is 4.79 Å². The third-order valence-corrected chi connectivity index (χ3v) is 4.51. The molecule has 130 valence electrons. The molecular formula is C20H22ClN3O. The van der Waals surface area contributed by atoms with Crippen LogP contribution in [0.4, 0.5) is 11.5 Å². The first-order valence-electron chi connectivity index (χ1n) is 8.65. The standard InChI is InChI=1S/C20H22ClN3O/c21-17-6-8-18(9-7-17)24-19-14-16(11-13-22-19)20(25)23-12-10-15-4-2-1-3-5-15/h4,6-9,11,13-14H,1-3,5,10,12H2,(H,22,24)(H,23,25). The van der Waals surface area contributed by atoms with Crippen molar-refractivity contribution in [2.75, 3.05) is 11.9 Å². The van der Waals surface area contributed by atoms with Crippen molar-refractivity contribution >= 4 is 29.0 Å². The molecule has 2 aromatic rings. The number of pyridine rings is 1. The summed E-state index contributed by atoms with van der Waals surface area (Å²) < 4.78 is 0. The van der Waals surface area contributed by atoms with Crippen molar-refractivity contribution in [1.29, 1.82) is 0 Å². The molecule has 0 aliphatic heterocycles. The van der Waals surface area contributed by atoms with Crippen molar-refractivity contribution in [2.24, 2.45) is 0 Å². The normalized spacial score (nSPS) is 13.9. The number of halogens is 1. The molecule has 1 amide bonds. The summed E-state index contributed by atoms with van der Waals surface area (Å²) in [6.45, 7) is 0.674. The van der Waals surface area contributed by atoms with E-state index >= 15 is 0 Å². The number of carbonyl (C=O) groups excluding carboxylic acids is 1. The highest BCUT2D eigenvalue weighted by Crippen LogP contribution is 2.20. The lowest BCUT2D eigenvalue weighted by Gasteiger charge is -2.13. The molecule has 1 heterocycles. The number of nitrogens with zero attached hydrogens (tertiary/aromatic N) is 1. The molecule has 0 atom stereocenters. The number of hydrogen-bond donors (Lipinski definition) is 2. The molecule has 5 heteroatoms. The second kappa shape index (κ2) is 8.67. The number of aromatic nitrogens is 1. The lowest BCUT2D eigenvalue weighted by Crippen LogP contribution is -2.25. The predicted molar refractivity (Wildman–Crippen MR) is 102 cm³/mol. The van der Waals surface area contributed by atoms with Crippen molar-refractivity contribution in [3.63, 3.8) is 0 Å². The lowest BCUT2D eigenvalue weighted by atomic mass is 9.97. The van der Waals surface area contributed by atoms with Gasteiger partial charge in [-0.15, -0.1) is 0 Å². The number of hydrogen-bond acceptors (Lipinski definition) is 3. The molecule has 0 fully saturated rings. The van der Waals surface area contributed by atoms with Gasteiger partial charge in [0.1, 0.15) is 5.82 Å². The van der Waals surface area contributed by atoms with Gasteiger partial charge in [0.05, 0.1) is 0 Å². The van der Waals surface area contributed by atoms with Crippen LogP contribution in [0, 0.1) is 0 Å². The quantitative estimate of drug-likeness (QED) is 0.709. The first-order valence-corrected chi connectivity index (χ1v) is 9.03. The van der Waals surface area contributed by atoms with Crippen LogP contribution in [-0.4, -0.2) is 17.4 Å². The highest BCUT2D eigenvalue weighted by Gasteiger charge is 2.08. The SMILES string of the molecule is O=C(NCCC1=CCCCC1)c1ccnc(Nc2ccc(Cl)cc2)c1. The van der Waals surface area contributed by atoms with E-state index in [4.69, 9.17) is 11.6 Å². The van der Waals surface area contributed by atoms with Crippen molar-refractivity contribution in [1.82, 2.24) is 10.3 Å². The van der Waals surface area contributed by atoms with Gasteiger partial charge in [-0.1, -0.05) is 23.3 Å². The Hall–Kier alpha value is -2.33. The van der Waals surface area contributed by atoms with Gasteiger partial charge in [0, 0.05) is 29.0 Å². The molecule has 1 aliphatic carbocycles. The van der Waals surface area contributed by atoms with Crippen LogP contribution in [0.5, 0.6) is 0 Å². The van der Waals surface area contributed by atoms with Gasteiger partial charge in [0.25, 0.3) is 5.91 Å². The van der Waals surface area contributed by atoms with E-state index in [2.05, 4.69) is 21.7 Å². The summed E-state index contributed by atoms with van der Waals surface area (Å²) in [5, 5.41) is 6.85. The minimum absolute atomic E-state index is 0.0713. The highest BCUT2D eigenvalue weighted by atomic mass is 35.5. The minimum atomic E-state index is -0.0713. The zero-order valence-corrected chi connectivity index (χ0v) is 14.9. The van der Waals surface area contributed by atoms with Crippen LogP contribution in [0.1, 0.15) is 42.5 Å². The summed E-state index contributed by atoms with van der Waals surface area (Å²) in [7, 11) is 0. The van der Waals surface area contributed by atoms with E-state index in [9.17, 15) is 4.79 Å². The molecule has 4 nitrogen and oxygen atoms in total. The number of benzene rings is 1. The Morgan fingerprint density at radius 1 is 1.16 bits per heavy atom. The number of carbonyl (C=O) groups is 1. The summed E-state index contributed by atoms with van der Waals surface area (Å²) in [6.07, 6.45) is 9.79. The topological polar surface area (TPSA) is 54.0 Å². The molecule has 0 saturated carbocycles. The van der Waals surface area contributed by atoms with Gasteiger partial charge in [-0.25, -0.2) is 4.98 Å². The van der Waals surface area contributed by atoms with E-state index in [1.54, 1.807) is 30.5 Å². The Labute approximate surface area is 153 Å². The van der Waals surface area contributed by atoms with Crippen LogP contribution >= 0.6 is 11.6 Å². The number of nitrogens with one attached hydrogen (secondary N) is 2. The summed E-state index contributed by atoms with van der Waals surface area (Å²) >= 11 is 5.89. The summed E-state index contributed by atoms with van der Waals surface area (Å²) in [6, 6.07) is 10.8. The van der Waals surface area contributed by atoms with Crippen molar-refractivity contribution < 1.29 is 4.79 Å². The molecule has 1 aromatic heterocycles. The van der Waals surface area contributed by atoms with E-state index < -0.39 is 0 Å². The first kappa shape index (κ1) is 17.5. The third kappa shape index (κ3) is 5.33. The average Bonchev–Trinajstić information content (AvgIpc) is 2.65. The van der Waals surface area contributed by atoms with Crippen molar-refractivity contribution in [3.05, 3.63) is 64.8 Å². The fraction of sp³-hybridized carbons (Fsp3) is 0.300. The fourth-order valence-corrected chi connectivity index (χ4v) is 3.02. The van der Waals surface area contributed by atoms with Gasteiger partial charge in [0.15, 0.2) is 0 Å². The molecule has 25 heavy (non-hydrogen) atoms. The van der Waals surface area contributed by atoms with E-state index in [0.29, 0.717) is 22.9 Å². The Kier molecular flexibility index (Phi) is 6.07. The molecule has 0 unspecified atom stereocenters. The van der Waals surface area contributed by atoms with Crippen LogP contribution in [0.25, 0.3) is 0 Å². The maximum absolute atomic E-state index is 12.3. The van der Waals surface area contributed by atoms with Gasteiger partial charge < -0.3 is 10.6 Å². The fourth-order valence-electron chi connectivity index (χ4n) is 2.89. The Balaban J connectivity index is 1.55. The van der Waals surface area contributed by atoms with Crippen LogP contribution in [0.3, 0.4) is 0 Å². The molecule has 0 bridgehead atoms. The Morgan fingerprint density at radius 2 is 2.00 bits per heavy atom. The Bertz CT molecular complexity index is 756. The minimum Gasteiger partial charge on any atom is -0.352 e. The van der Waals surface area contributed by atoms with Gasteiger partial charge in [-0.2, -0.15) is 0 Å². The number of allylic oxidation sites excluding steroid dienone is 1. The highest BCUT2D eigenvalue weighted by molar-refractivity contribution is 6.30. The van der Waals surface area contributed by atoms with Crippen LogP contribution < -0.4 is 10.6 Å². The van der Waals surface area contributed by atoms with E-state index in [1.165, 1.54) is 31.3 Å². The second-order valence-electron chi connectivity index (χ2n) is 6.18. The van der Waals surface area contributed by atoms with E-state index in [1.807, 2.05) is 12.1 Å². The summed E-state index contributed by atoms with van der Waals surface area (Å²) in [5.41, 5.74) is 2.94. The van der Waals surface area contributed by atoms with Gasteiger partial charge in [0.2, 0.25) is 0 Å². The molecular weight excluding hydrogens is 334 g/mol. The van der Waals surface area contributed by atoms with Crippen LogP contribution in [0.2, 0.25) is 5.02 Å². The molecule has 1 aromatic carbocycles. The maximum atomic E-state index is 12.3. The van der Waals surface area contributed by atoms with Gasteiger partial charge in [-0.05, 0) is 68.5 Å². The molecule has 2 N–H and O–H groups in total. The zero-order valence-electron chi connectivity index (χ0n) is 14.1. The molecule has 0 radical (unpaired) electrons. The van der Waals surface area contributed by atoms with Crippen molar-refractivity contribution in [3.8, 4) is 0 Å². The van der Waals surface area contributed by atoms with E-state index in [-0.39, 0.29) is 5.91 Å². The van der Waals surface area contributed by atoms with Crippen LogP contribution in [0.15, 0.2) is 54.2 Å². The molecule has 3 rings (SSSR count). The average molecular weight is 356 g/mol. The number of rotatable bonds is 6. The first-order chi connectivity index (χ1) is 12.2. The monoisotopic (exact) mass is 355 g/mol. The number of amides is 1. The zero-order chi connectivity index (χ0) is 17.5. The maximum Gasteiger partial charge on any atom is 0.251 e. The van der Waals surface area contributed by atoms with Crippen molar-refractivity contribution in [2.45, 2.75) is 32.1 Å². The lowest BCUT2D eigenvalue weighted by molar-refractivity contribution is 0.0954. The van der Waals surface area contributed by atoms with E-state index in [0.717, 1.165) is 12.1 Å². The Morgan fingerprint density at radius 3 is 2.76 bits per heavy atom. The van der Waals surface area contributed by atoms with Gasteiger partial charge >= 0.3 is 0 Å². The second-order valence-corrected chi connectivity index (χ2v) is 6.61. The smallest absolute Gasteiger partial charge is 0.251 e. The largest absolute Gasteiger partial charge is 0.352 e. The van der Waals surface area contributed by atoms with Crippen LogP contribution in [-0.2, 0) is 0 Å². The summed E-state index contributed by atoms with van der Waals surface area (Å²) in [5.74, 6) is 0.558. The molecule has 1 aliphatic rings. The molecule has 0 saturated heterocycles. The predicted octanol–water partition coefficient (Wildman–Crippen LogP) is 5.10. The number of anilines is 2. The summed E-state index contributed by atoms with van der Waals surface area (Å²) in [4.78, 5) is 16.6. The third-order valence-electron chi connectivity index (χ3n) is 4.26.